The Morgan fingerprint density at radius 3 is 2.63 bits per heavy atom. The number of hydrogen-bond acceptors (Lipinski definition) is 5. The molecule has 2 heterocycles. The maximum absolute atomic E-state index is 13.3. The highest BCUT2D eigenvalue weighted by Gasteiger charge is 2.22. The predicted octanol–water partition coefficient (Wildman–Crippen LogP) is 3.56. The van der Waals surface area contributed by atoms with Crippen LogP contribution < -0.4 is 21.9 Å². The van der Waals surface area contributed by atoms with Crippen LogP contribution >= 0.6 is 0 Å². The molecule has 2 aromatic heterocycles. The molecule has 8 heteroatoms. The minimum Gasteiger partial charge on any atom is -0.383 e. The number of nitrogens with zero attached hydrogens (tertiary/aromatic N) is 3. The first-order chi connectivity index (χ1) is 17.0. The van der Waals surface area contributed by atoms with Gasteiger partial charge in [0.1, 0.15) is 5.82 Å². The lowest BCUT2D eigenvalue weighted by molar-refractivity contribution is -0.114. The maximum Gasteiger partial charge on any atom is 0.330 e. The first kappa shape index (κ1) is 23.7. The highest BCUT2D eigenvalue weighted by Crippen LogP contribution is 2.21. The summed E-state index contributed by atoms with van der Waals surface area (Å²) in [5, 5.41) is 0.957. The summed E-state index contributed by atoms with van der Waals surface area (Å²) in [7, 11) is 0. The lowest BCUT2D eigenvalue weighted by Gasteiger charge is -2.23. The van der Waals surface area contributed by atoms with Gasteiger partial charge in [-0.3, -0.25) is 24.1 Å². The number of anilines is 2. The first-order valence-corrected chi connectivity index (χ1v) is 11.5. The van der Waals surface area contributed by atoms with E-state index in [2.05, 4.69) is 9.97 Å². The normalized spacial score (nSPS) is 11.2. The van der Waals surface area contributed by atoms with Gasteiger partial charge in [0.2, 0.25) is 0 Å². The summed E-state index contributed by atoms with van der Waals surface area (Å²) in [6.07, 6.45) is 6.26. The summed E-state index contributed by atoms with van der Waals surface area (Å²) < 4.78 is 1.27. The third-order valence-corrected chi connectivity index (χ3v) is 5.74. The van der Waals surface area contributed by atoms with Crippen LogP contribution in [0.3, 0.4) is 0 Å². The Balaban J connectivity index is 1.73. The number of aromatic amines is 1. The highest BCUT2D eigenvalue weighted by molar-refractivity contribution is 6.06. The molecule has 0 atom stereocenters. The van der Waals surface area contributed by atoms with Gasteiger partial charge in [0.15, 0.2) is 5.69 Å². The van der Waals surface area contributed by atoms with Crippen LogP contribution in [0.1, 0.15) is 30.9 Å². The molecule has 0 radical (unpaired) electrons. The molecule has 0 saturated heterocycles. The molecule has 0 aliphatic carbocycles. The van der Waals surface area contributed by atoms with E-state index in [1.165, 1.54) is 15.5 Å². The standard InChI is InChI=1S/C27H27N5O3/c1-2-3-17-31(22(33)15-14-21-12-7-11-20-13-8-16-29-23(20)21)24-25(28)32(27(35)30-26(24)34)18-19-9-5-4-6-10-19/h4-16H,2-3,17-18,28H2,1H3,(H,30,34,35)/b15-14+. The second-order valence-electron chi connectivity index (χ2n) is 8.16. The number of carbonyl (C=O) groups is 1. The zero-order chi connectivity index (χ0) is 24.8. The van der Waals surface area contributed by atoms with Gasteiger partial charge in [-0.15, -0.1) is 0 Å². The lowest BCUT2D eigenvalue weighted by atomic mass is 10.1. The van der Waals surface area contributed by atoms with Crippen molar-refractivity contribution in [3.05, 3.63) is 105 Å². The molecule has 0 bridgehead atoms. The van der Waals surface area contributed by atoms with Crippen molar-refractivity contribution in [3.8, 4) is 0 Å². The number of carbonyl (C=O) groups excluding carboxylic acids is 1. The minimum absolute atomic E-state index is 0.0281. The Morgan fingerprint density at radius 2 is 1.86 bits per heavy atom. The van der Waals surface area contributed by atoms with E-state index in [4.69, 9.17) is 5.73 Å². The largest absolute Gasteiger partial charge is 0.383 e. The number of fused-ring (bicyclic) bond motifs is 1. The molecule has 0 aliphatic rings. The summed E-state index contributed by atoms with van der Waals surface area (Å²) in [6.45, 7) is 2.44. The number of para-hydroxylation sites is 1. The number of unbranched alkanes of at least 4 members (excludes halogenated alkanes) is 1. The number of H-pyrrole nitrogens is 1. The van der Waals surface area contributed by atoms with Gasteiger partial charge in [0.25, 0.3) is 11.5 Å². The number of aromatic nitrogens is 3. The van der Waals surface area contributed by atoms with E-state index in [1.807, 2.05) is 67.6 Å². The quantitative estimate of drug-likeness (QED) is 0.383. The van der Waals surface area contributed by atoms with Crippen LogP contribution in [0.2, 0.25) is 0 Å². The fraction of sp³-hybridized carbons (Fsp3) is 0.185. The van der Waals surface area contributed by atoms with Gasteiger partial charge in [-0.2, -0.15) is 0 Å². The average Bonchev–Trinajstić information content (AvgIpc) is 2.87. The van der Waals surface area contributed by atoms with Gasteiger partial charge < -0.3 is 10.6 Å². The van der Waals surface area contributed by atoms with Crippen LogP contribution in [0.15, 0.2) is 82.5 Å². The SMILES string of the molecule is CCCCN(C(=O)/C=C/c1cccc2cccnc12)c1c(N)n(Cc2ccccc2)c(=O)[nH]c1=O. The van der Waals surface area contributed by atoms with Gasteiger partial charge in [-0.25, -0.2) is 4.79 Å². The second-order valence-corrected chi connectivity index (χ2v) is 8.16. The topological polar surface area (TPSA) is 114 Å². The Labute approximate surface area is 202 Å². The fourth-order valence-electron chi connectivity index (χ4n) is 3.92. The number of nitrogens with two attached hydrogens (primary N) is 1. The molecule has 0 unspecified atom stereocenters. The van der Waals surface area contributed by atoms with Crippen molar-refractivity contribution in [1.29, 1.82) is 0 Å². The van der Waals surface area contributed by atoms with Crippen LogP contribution in [0, 0.1) is 0 Å². The van der Waals surface area contributed by atoms with Crippen LogP contribution in [0.4, 0.5) is 11.5 Å². The maximum atomic E-state index is 13.3. The van der Waals surface area contributed by atoms with Crippen LogP contribution in [0.5, 0.6) is 0 Å². The second kappa shape index (κ2) is 10.6. The Kier molecular flexibility index (Phi) is 7.21. The minimum atomic E-state index is -0.693. The number of pyridine rings is 1. The molecule has 1 amide bonds. The summed E-state index contributed by atoms with van der Waals surface area (Å²) in [4.78, 5) is 46.8. The fourth-order valence-corrected chi connectivity index (χ4v) is 3.92. The Morgan fingerprint density at radius 1 is 1.09 bits per heavy atom. The van der Waals surface area contributed by atoms with E-state index in [0.29, 0.717) is 6.42 Å². The molecule has 0 fully saturated rings. The zero-order valence-corrected chi connectivity index (χ0v) is 19.5. The van der Waals surface area contributed by atoms with E-state index in [-0.39, 0.29) is 24.6 Å². The van der Waals surface area contributed by atoms with Gasteiger partial charge in [0, 0.05) is 29.8 Å². The molecule has 8 nitrogen and oxygen atoms in total. The van der Waals surface area contributed by atoms with Crippen molar-refractivity contribution in [1.82, 2.24) is 14.5 Å². The van der Waals surface area contributed by atoms with Crippen LogP contribution in [0.25, 0.3) is 17.0 Å². The van der Waals surface area contributed by atoms with E-state index >= 15 is 0 Å². The number of rotatable bonds is 8. The lowest BCUT2D eigenvalue weighted by Crippen LogP contribution is -2.41. The molecule has 4 rings (SSSR count). The molecule has 0 spiro atoms. The number of amides is 1. The molecule has 0 saturated carbocycles. The number of benzene rings is 2. The third kappa shape index (κ3) is 5.22. The summed E-state index contributed by atoms with van der Waals surface area (Å²) >= 11 is 0. The van der Waals surface area contributed by atoms with Crippen LogP contribution in [-0.2, 0) is 11.3 Å². The van der Waals surface area contributed by atoms with E-state index in [9.17, 15) is 14.4 Å². The van der Waals surface area contributed by atoms with Crippen LogP contribution in [-0.4, -0.2) is 27.0 Å². The average molecular weight is 470 g/mol. The Bertz CT molecular complexity index is 1480. The van der Waals surface area contributed by atoms with E-state index in [1.54, 1.807) is 12.3 Å². The van der Waals surface area contributed by atoms with Crippen molar-refractivity contribution in [2.24, 2.45) is 0 Å². The number of hydrogen-bond donors (Lipinski definition) is 2. The number of nitrogen functional groups attached to an aromatic ring is 1. The first-order valence-electron chi connectivity index (χ1n) is 11.5. The van der Waals surface area contributed by atoms with E-state index < -0.39 is 17.2 Å². The van der Waals surface area contributed by atoms with Gasteiger partial charge in [0.05, 0.1) is 12.1 Å². The molecule has 178 valence electrons. The third-order valence-electron chi connectivity index (χ3n) is 5.74. The van der Waals surface area contributed by atoms with E-state index in [0.717, 1.165) is 28.5 Å². The molecule has 0 aliphatic heterocycles. The van der Waals surface area contributed by atoms with Gasteiger partial charge in [-0.05, 0) is 24.1 Å². The van der Waals surface area contributed by atoms with Crippen molar-refractivity contribution >= 4 is 34.4 Å². The molecule has 2 aromatic carbocycles. The van der Waals surface area contributed by atoms with Crippen molar-refractivity contribution in [2.75, 3.05) is 17.2 Å². The summed E-state index contributed by atoms with van der Waals surface area (Å²) in [5.74, 6) is -0.458. The highest BCUT2D eigenvalue weighted by atomic mass is 16.2. The van der Waals surface area contributed by atoms with Crippen molar-refractivity contribution < 1.29 is 4.79 Å². The van der Waals surface area contributed by atoms with Crippen molar-refractivity contribution in [2.45, 2.75) is 26.3 Å². The molecule has 35 heavy (non-hydrogen) atoms. The summed E-state index contributed by atoms with van der Waals surface area (Å²) in [6, 6.07) is 18.8. The molecule has 4 aromatic rings. The zero-order valence-electron chi connectivity index (χ0n) is 19.5. The molecule has 3 N–H and O–H groups in total. The number of nitrogens with one attached hydrogen (secondary N) is 1. The molecular weight excluding hydrogens is 442 g/mol. The van der Waals surface area contributed by atoms with Gasteiger partial charge in [-0.1, -0.05) is 67.9 Å². The predicted molar refractivity (Wildman–Crippen MR) is 139 cm³/mol. The van der Waals surface area contributed by atoms with Gasteiger partial charge >= 0.3 is 5.69 Å². The molecular formula is C27H27N5O3. The summed E-state index contributed by atoms with van der Waals surface area (Å²) in [5.41, 5.74) is 7.39. The van der Waals surface area contributed by atoms with Crippen molar-refractivity contribution in [3.63, 3.8) is 0 Å². The smallest absolute Gasteiger partial charge is 0.330 e. The Hall–Kier alpha value is -4.46. The monoisotopic (exact) mass is 469 g/mol.